The monoisotopic (exact) mass is 306 g/mol. The van der Waals surface area contributed by atoms with Crippen molar-refractivity contribution in [3.63, 3.8) is 0 Å². The van der Waals surface area contributed by atoms with Crippen LogP contribution in [0.3, 0.4) is 0 Å². The first-order valence-corrected chi connectivity index (χ1v) is 6.23. The Kier molecular flexibility index (Phi) is 6.12. The topological polar surface area (TPSA) is 47.1 Å². The smallest absolute Gasteiger partial charge is 0.144 e. The number of halogens is 1. The van der Waals surface area contributed by atoms with Gasteiger partial charge in [0.15, 0.2) is 0 Å². The van der Waals surface area contributed by atoms with Crippen LogP contribution < -0.4 is 0 Å². The summed E-state index contributed by atoms with van der Waals surface area (Å²) in [6.45, 7) is 3.80. The molecule has 1 rings (SSSR count). The van der Waals surface area contributed by atoms with E-state index in [0.717, 1.165) is 22.4 Å². The van der Waals surface area contributed by atoms with Crippen molar-refractivity contribution in [1.29, 1.82) is 0 Å². The normalized spacial score (nSPS) is 10.7. The van der Waals surface area contributed by atoms with E-state index < -0.39 is 0 Å². The van der Waals surface area contributed by atoms with Crippen molar-refractivity contribution >= 4 is 28.1 Å². The number of aromatic nitrogens is 2. The Balaban J connectivity index is 2.82. The number of nitrogens with zero attached hydrogens (tertiary/aromatic N) is 1. The van der Waals surface area contributed by atoms with E-state index in [4.69, 9.17) is 21.7 Å². The van der Waals surface area contributed by atoms with Gasteiger partial charge < -0.3 is 14.5 Å². The van der Waals surface area contributed by atoms with E-state index in [1.807, 2.05) is 6.92 Å². The summed E-state index contributed by atoms with van der Waals surface area (Å²) in [4.78, 5) is 7.45. The second-order valence-electron chi connectivity index (χ2n) is 3.16. The zero-order valence-corrected chi connectivity index (χ0v) is 11.8. The largest absolute Gasteiger partial charge is 0.381 e. The minimum atomic E-state index is 0.481. The lowest BCUT2D eigenvalue weighted by atomic mass is 10.3. The summed E-state index contributed by atoms with van der Waals surface area (Å²) in [5.74, 6) is 0.828. The van der Waals surface area contributed by atoms with Crippen LogP contribution >= 0.6 is 28.1 Å². The highest BCUT2D eigenvalue weighted by molar-refractivity contribution is 9.10. The van der Waals surface area contributed by atoms with Crippen molar-refractivity contribution in [1.82, 2.24) is 9.97 Å². The average Bonchev–Trinajstić information content (AvgIpc) is 2.26. The molecule has 0 radical (unpaired) electrons. The van der Waals surface area contributed by atoms with E-state index in [0.29, 0.717) is 24.5 Å². The summed E-state index contributed by atoms with van der Waals surface area (Å²) in [7, 11) is 1.64. The van der Waals surface area contributed by atoms with Crippen LogP contribution in [0, 0.1) is 4.64 Å². The zero-order valence-electron chi connectivity index (χ0n) is 9.38. The third-order valence-corrected chi connectivity index (χ3v) is 3.37. The van der Waals surface area contributed by atoms with E-state index in [-0.39, 0.29) is 0 Å². The second kappa shape index (κ2) is 7.11. The third-order valence-electron chi connectivity index (χ3n) is 1.96. The molecule has 4 nitrogen and oxygen atoms in total. The van der Waals surface area contributed by atoms with Gasteiger partial charge in [-0.1, -0.05) is 12.2 Å². The van der Waals surface area contributed by atoms with Gasteiger partial charge in [0.1, 0.15) is 10.5 Å². The van der Waals surface area contributed by atoms with Crippen LogP contribution in [0.2, 0.25) is 0 Å². The maximum atomic E-state index is 5.27. The van der Waals surface area contributed by atoms with Gasteiger partial charge >= 0.3 is 0 Å². The first-order valence-electron chi connectivity index (χ1n) is 5.03. The first-order chi connectivity index (χ1) is 7.69. The molecule has 1 N–H and O–H groups in total. The molecule has 0 spiro atoms. The fraction of sp³-hybridized carbons (Fsp3) is 0.600. The quantitative estimate of drug-likeness (QED) is 0.648. The number of hydrogen-bond donors (Lipinski definition) is 1. The summed E-state index contributed by atoms with van der Waals surface area (Å²) in [6.07, 6.45) is 0.724. The van der Waals surface area contributed by atoms with Crippen LogP contribution in [0.4, 0.5) is 0 Å². The van der Waals surface area contributed by atoms with Crippen molar-refractivity contribution in [3.8, 4) is 0 Å². The molecule has 0 fully saturated rings. The van der Waals surface area contributed by atoms with Gasteiger partial charge in [-0.3, -0.25) is 0 Å². The maximum absolute atomic E-state index is 5.27. The van der Waals surface area contributed by atoms with Gasteiger partial charge in [0.05, 0.1) is 23.4 Å². The Hall–Kier alpha value is -0.300. The molecule has 16 heavy (non-hydrogen) atoms. The van der Waals surface area contributed by atoms with Crippen LogP contribution in [0.1, 0.15) is 18.4 Å². The van der Waals surface area contributed by atoms with Crippen LogP contribution in [-0.4, -0.2) is 30.3 Å². The fourth-order valence-electron chi connectivity index (χ4n) is 1.23. The molecule has 90 valence electrons. The molecule has 1 heterocycles. The number of rotatable bonds is 6. The Labute approximate surface area is 109 Å². The van der Waals surface area contributed by atoms with E-state index in [9.17, 15) is 0 Å². The van der Waals surface area contributed by atoms with Gasteiger partial charge in [-0.2, -0.15) is 0 Å². The molecule has 0 aliphatic carbocycles. The molecule has 1 aromatic rings. The minimum absolute atomic E-state index is 0.481. The molecule has 0 aliphatic rings. The minimum Gasteiger partial charge on any atom is -0.381 e. The highest BCUT2D eigenvalue weighted by Gasteiger charge is 2.05. The van der Waals surface area contributed by atoms with Gasteiger partial charge in [-0.25, -0.2) is 4.98 Å². The molecule has 0 aliphatic heterocycles. The number of nitrogens with one attached hydrogen (secondary N) is 1. The van der Waals surface area contributed by atoms with Crippen LogP contribution in [0.25, 0.3) is 0 Å². The van der Waals surface area contributed by atoms with Crippen LogP contribution in [0.15, 0.2) is 4.47 Å². The molecule has 0 atom stereocenters. The molecule has 6 heteroatoms. The van der Waals surface area contributed by atoms with Crippen molar-refractivity contribution in [3.05, 3.63) is 20.6 Å². The average molecular weight is 307 g/mol. The molecule has 0 bridgehead atoms. The standard InChI is InChI=1S/C10H15BrN2O2S/c1-3-15-5-4-8-12-7(6-14-2)9(11)10(16)13-8/h3-6H2,1-2H3,(H,12,13,16). The second-order valence-corrected chi connectivity index (χ2v) is 4.34. The summed E-state index contributed by atoms with van der Waals surface area (Å²) < 4.78 is 11.7. The lowest BCUT2D eigenvalue weighted by Crippen LogP contribution is -2.06. The number of hydrogen-bond acceptors (Lipinski definition) is 4. The molecular formula is C10H15BrN2O2S. The van der Waals surface area contributed by atoms with Gasteiger partial charge in [0.2, 0.25) is 0 Å². The summed E-state index contributed by atoms with van der Waals surface area (Å²) in [5, 5.41) is 0. The summed E-state index contributed by atoms with van der Waals surface area (Å²) in [5.41, 5.74) is 0.911. The molecule has 1 aromatic heterocycles. The molecular weight excluding hydrogens is 292 g/mol. The summed E-state index contributed by atoms with van der Waals surface area (Å²) in [6, 6.07) is 0. The van der Waals surface area contributed by atoms with Gasteiger partial charge in [-0.15, -0.1) is 0 Å². The van der Waals surface area contributed by atoms with Gasteiger partial charge in [0, 0.05) is 20.1 Å². The van der Waals surface area contributed by atoms with Crippen molar-refractivity contribution < 1.29 is 9.47 Å². The molecule has 0 aromatic carbocycles. The van der Waals surface area contributed by atoms with Crippen molar-refractivity contribution in [2.75, 3.05) is 20.3 Å². The predicted octanol–water partition coefficient (Wildman–Crippen LogP) is 2.63. The van der Waals surface area contributed by atoms with E-state index in [1.165, 1.54) is 0 Å². The predicted molar refractivity (Wildman–Crippen MR) is 68.0 cm³/mol. The number of H-pyrrole nitrogens is 1. The van der Waals surface area contributed by atoms with Gasteiger partial charge in [-0.05, 0) is 22.9 Å². The molecule has 0 amide bonds. The van der Waals surface area contributed by atoms with E-state index >= 15 is 0 Å². The zero-order chi connectivity index (χ0) is 12.0. The van der Waals surface area contributed by atoms with Gasteiger partial charge in [0.25, 0.3) is 0 Å². The Morgan fingerprint density at radius 3 is 2.88 bits per heavy atom. The highest BCUT2D eigenvalue weighted by atomic mass is 79.9. The molecule has 0 saturated heterocycles. The van der Waals surface area contributed by atoms with Crippen LogP contribution in [0.5, 0.6) is 0 Å². The third kappa shape index (κ3) is 3.93. The first kappa shape index (κ1) is 13.8. The number of aromatic amines is 1. The van der Waals surface area contributed by atoms with E-state index in [2.05, 4.69) is 25.9 Å². The number of methoxy groups -OCH3 is 1. The Bertz CT molecular complexity index is 395. The lowest BCUT2D eigenvalue weighted by Gasteiger charge is -2.07. The number of ether oxygens (including phenoxy) is 2. The fourth-order valence-corrected chi connectivity index (χ4v) is 1.77. The summed E-state index contributed by atoms with van der Waals surface area (Å²) >= 11 is 8.53. The van der Waals surface area contributed by atoms with E-state index in [1.54, 1.807) is 7.11 Å². The molecule has 0 unspecified atom stereocenters. The Morgan fingerprint density at radius 2 is 2.25 bits per heavy atom. The maximum Gasteiger partial charge on any atom is 0.144 e. The lowest BCUT2D eigenvalue weighted by molar-refractivity contribution is 0.149. The highest BCUT2D eigenvalue weighted by Crippen LogP contribution is 2.16. The van der Waals surface area contributed by atoms with Crippen molar-refractivity contribution in [2.45, 2.75) is 20.0 Å². The van der Waals surface area contributed by atoms with Crippen molar-refractivity contribution in [2.24, 2.45) is 0 Å². The van der Waals surface area contributed by atoms with Crippen LogP contribution in [-0.2, 0) is 22.5 Å². The Morgan fingerprint density at radius 1 is 1.50 bits per heavy atom. The SMILES string of the molecule is CCOCCc1nc(=S)c(Br)c(COC)[nH]1. The molecule has 0 saturated carbocycles.